The zero-order valence-electron chi connectivity index (χ0n) is 20.7. The quantitative estimate of drug-likeness (QED) is 0.261. The van der Waals surface area contributed by atoms with Crippen molar-refractivity contribution in [2.75, 3.05) is 13.1 Å². The van der Waals surface area contributed by atoms with Crippen LogP contribution in [0, 0.1) is 6.92 Å². The highest BCUT2D eigenvalue weighted by Crippen LogP contribution is 2.37. The number of hydrogen-bond acceptors (Lipinski definition) is 7. The number of amides is 1. The van der Waals surface area contributed by atoms with Gasteiger partial charge in [0.05, 0.1) is 30.0 Å². The molecule has 0 spiro atoms. The number of esters is 1. The standard InChI is InChI=1S/C26H20F5N5O4/c1-15-5-4-7-17(21(15)36-32-10-11-33-36)23(37)35-12-9-25(27,28)20(14-35)40-22-19(39-24(38)26(29,30)31)13-16-6-2-3-8-18(16)34-22/h2-8,10-11,13,20H,9,12,14H2,1H3. The van der Waals surface area contributed by atoms with Crippen LogP contribution in [0.25, 0.3) is 16.6 Å². The van der Waals surface area contributed by atoms with Crippen LogP contribution in [0.4, 0.5) is 22.0 Å². The molecule has 14 heteroatoms. The minimum absolute atomic E-state index is 0.156. The van der Waals surface area contributed by atoms with E-state index in [0.29, 0.717) is 11.3 Å². The van der Waals surface area contributed by atoms with Crippen molar-refractivity contribution < 1.29 is 41.0 Å². The summed E-state index contributed by atoms with van der Waals surface area (Å²) in [6, 6.07) is 12.0. The summed E-state index contributed by atoms with van der Waals surface area (Å²) in [6.45, 7) is 0.778. The Hall–Kier alpha value is -4.62. The molecule has 9 nitrogen and oxygen atoms in total. The Kier molecular flexibility index (Phi) is 6.85. The van der Waals surface area contributed by atoms with E-state index in [2.05, 4.69) is 19.9 Å². The molecule has 0 aliphatic carbocycles. The summed E-state index contributed by atoms with van der Waals surface area (Å²) in [4.78, 5) is 31.5. The fourth-order valence-electron chi connectivity index (χ4n) is 4.31. The molecule has 4 aromatic rings. The van der Waals surface area contributed by atoms with Gasteiger partial charge < -0.3 is 14.4 Å². The summed E-state index contributed by atoms with van der Waals surface area (Å²) in [7, 11) is 0. The van der Waals surface area contributed by atoms with Gasteiger partial charge >= 0.3 is 12.1 Å². The average molecular weight is 561 g/mol. The van der Waals surface area contributed by atoms with Gasteiger partial charge in [-0.05, 0) is 30.7 Å². The molecule has 5 rings (SSSR count). The molecule has 1 fully saturated rings. The van der Waals surface area contributed by atoms with Crippen LogP contribution >= 0.6 is 0 Å². The maximum Gasteiger partial charge on any atom is 0.491 e. The molecule has 2 aromatic carbocycles. The number of halogens is 5. The van der Waals surface area contributed by atoms with Crippen LogP contribution in [-0.4, -0.2) is 68.0 Å². The summed E-state index contributed by atoms with van der Waals surface area (Å²) in [6.07, 6.45) is -5.32. The van der Waals surface area contributed by atoms with Crippen molar-refractivity contribution >= 4 is 22.8 Å². The third-order valence-electron chi connectivity index (χ3n) is 6.29. The third-order valence-corrected chi connectivity index (χ3v) is 6.29. The van der Waals surface area contributed by atoms with Crippen molar-refractivity contribution in [1.82, 2.24) is 24.9 Å². The minimum atomic E-state index is -5.35. The van der Waals surface area contributed by atoms with E-state index < -0.39 is 54.7 Å². The number of ether oxygens (including phenoxy) is 2. The molecule has 0 N–H and O–H groups in total. The number of likely N-dealkylation sites (tertiary alicyclic amines) is 1. The number of piperidine rings is 1. The molecule has 208 valence electrons. The van der Waals surface area contributed by atoms with Gasteiger partial charge in [-0.25, -0.2) is 18.6 Å². The maximum atomic E-state index is 15.1. The Labute approximate surface area is 223 Å². The molecular formula is C26H20F5N5O4. The number of pyridine rings is 1. The molecule has 2 aromatic heterocycles. The van der Waals surface area contributed by atoms with Gasteiger partial charge in [0.15, 0.2) is 11.9 Å². The molecule has 0 radical (unpaired) electrons. The number of rotatable bonds is 5. The number of nitrogens with zero attached hydrogens (tertiary/aromatic N) is 5. The van der Waals surface area contributed by atoms with Gasteiger partial charge in [-0.15, -0.1) is 0 Å². The Morgan fingerprint density at radius 3 is 2.50 bits per heavy atom. The lowest BCUT2D eigenvalue weighted by Gasteiger charge is -2.38. The number of carbonyl (C=O) groups is 2. The number of alkyl halides is 5. The Balaban J connectivity index is 1.47. The fraction of sp³-hybridized carbons (Fsp3) is 0.269. The van der Waals surface area contributed by atoms with Crippen molar-refractivity contribution in [1.29, 1.82) is 0 Å². The van der Waals surface area contributed by atoms with E-state index in [1.807, 2.05) is 0 Å². The van der Waals surface area contributed by atoms with Gasteiger partial charge in [0.1, 0.15) is 5.69 Å². The second-order valence-corrected chi connectivity index (χ2v) is 9.03. The van der Waals surface area contributed by atoms with Crippen LogP contribution < -0.4 is 9.47 Å². The summed E-state index contributed by atoms with van der Waals surface area (Å²) < 4.78 is 78.7. The van der Waals surface area contributed by atoms with Crippen molar-refractivity contribution in [3.05, 3.63) is 72.1 Å². The SMILES string of the molecule is Cc1cccc(C(=O)N2CCC(F)(F)C(Oc3nc4ccccc4cc3OC(=O)C(F)(F)F)C2)c1-n1nccn1. The molecule has 40 heavy (non-hydrogen) atoms. The van der Waals surface area contributed by atoms with Crippen LogP contribution in [0.3, 0.4) is 0 Å². The van der Waals surface area contributed by atoms with Crippen LogP contribution in [0.2, 0.25) is 0 Å². The molecule has 1 aliphatic rings. The average Bonchev–Trinajstić information content (AvgIpc) is 3.43. The summed E-state index contributed by atoms with van der Waals surface area (Å²) in [5, 5.41) is 8.41. The van der Waals surface area contributed by atoms with Gasteiger partial charge in [0, 0.05) is 18.4 Å². The highest BCUT2D eigenvalue weighted by atomic mass is 19.4. The van der Waals surface area contributed by atoms with Crippen LogP contribution in [0.1, 0.15) is 22.3 Å². The van der Waals surface area contributed by atoms with E-state index in [1.165, 1.54) is 35.4 Å². The van der Waals surface area contributed by atoms with Crippen LogP contribution in [0.15, 0.2) is 60.9 Å². The van der Waals surface area contributed by atoms with E-state index in [-0.39, 0.29) is 23.0 Å². The van der Waals surface area contributed by atoms with Gasteiger partial charge in [-0.2, -0.15) is 28.2 Å². The fourth-order valence-corrected chi connectivity index (χ4v) is 4.31. The highest BCUT2D eigenvalue weighted by molar-refractivity contribution is 5.98. The van der Waals surface area contributed by atoms with Crippen LogP contribution in [-0.2, 0) is 4.79 Å². The van der Waals surface area contributed by atoms with Gasteiger partial charge in [-0.1, -0.05) is 30.3 Å². The molecule has 1 unspecified atom stereocenters. The van der Waals surface area contributed by atoms with E-state index >= 15 is 8.78 Å². The second kappa shape index (κ2) is 10.2. The first-order valence-electron chi connectivity index (χ1n) is 11.9. The molecular weight excluding hydrogens is 541 g/mol. The highest BCUT2D eigenvalue weighted by Gasteiger charge is 2.48. The topological polar surface area (TPSA) is 99.4 Å². The van der Waals surface area contributed by atoms with E-state index in [1.54, 1.807) is 31.2 Å². The molecule has 3 heterocycles. The first-order chi connectivity index (χ1) is 18.9. The number of aromatic nitrogens is 4. The lowest BCUT2D eigenvalue weighted by Crippen LogP contribution is -2.55. The van der Waals surface area contributed by atoms with Gasteiger partial charge in [0.2, 0.25) is 0 Å². The number of aryl methyl sites for hydroxylation is 1. The second-order valence-electron chi connectivity index (χ2n) is 9.03. The first-order valence-corrected chi connectivity index (χ1v) is 11.9. The predicted octanol–water partition coefficient (Wildman–Crippen LogP) is 4.52. The molecule has 1 amide bonds. The molecule has 0 bridgehead atoms. The van der Waals surface area contributed by atoms with Crippen molar-refractivity contribution in [3.63, 3.8) is 0 Å². The lowest BCUT2D eigenvalue weighted by atomic mass is 10.0. The third kappa shape index (κ3) is 5.28. The predicted molar refractivity (Wildman–Crippen MR) is 129 cm³/mol. The Bertz CT molecular complexity index is 1580. The summed E-state index contributed by atoms with van der Waals surface area (Å²) in [5.74, 6) is -8.19. The van der Waals surface area contributed by atoms with Crippen molar-refractivity contribution in [2.24, 2.45) is 0 Å². The van der Waals surface area contributed by atoms with Gasteiger partial charge in [0.25, 0.3) is 17.7 Å². The smallest absolute Gasteiger partial charge is 0.463 e. The monoisotopic (exact) mass is 561 g/mol. The molecule has 0 saturated carbocycles. The van der Waals surface area contributed by atoms with E-state index in [4.69, 9.17) is 4.74 Å². The molecule has 1 saturated heterocycles. The summed E-state index contributed by atoms with van der Waals surface area (Å²) >= 11 is 0. The van der Waals surface area contributed by atoms with Crippen molar-refractivity contribution in [3.8, 4) is 17.3 Å². The number of fused-ring (bicyclic) bond motifs is 1. The number of benzene rings is 2. The molecule has 1 aliphatic heterocycles. The molecule has 1 atom stereocenters. The number of carbonyl (C=O) groups excluding carboxylic acids is 2. The zero-order valence-corrected chi connectivity index (χ0v) is 20.7. The largest absolute Gasteiger partial charge is 0.491 e. The minimum Gasteiger partial charge on any atom is -0.463 e. The lowest BCUT2D eigenvalue weighted by molar-refractivity contribution is -0.190. The van der Waals surface area contributed by atoms with Crippen molar-refractivity contribution in [2.45, 2.75) is 31.5 Å². The van der Waals surface area contributed by atoms with E-state index in [0.717, 1.165) is 11.0 Å². The zero-order chi connectivity index (χ0) is 28.7. The van der Waals surface area contributed by atoms with E-state index in [9.17, 15) is 22.8 Å². The Morgan fingerprint density at radius 1 is 1.05 bits per heavy atom. The normalized spacial score (nSPS) is 17.1. The number of hydrogen-bond donors (Lipinski definition) is 0. The van der Waals surface area contributed by atoms with Gasteiger partial charge in [-0.3, -0.25) is 4.79 Å². The number of para-hydroxylation sites is 2. The first kappa shape index (κ1) is 27.0. The van der Waals surface area contributed by atoms with Crippen LogP contribution in [0.5, 0.6) is 11.6 Å². The summed E-state index contributed by atoms with van der Waals surface area (Å²) in [5.41, 5.74) is 1.38. The maximum absolute atomic E-state index is 15.1. The Morgan fingerprint density at radius 2 is 1.77 bits per heavy atom.